The molecule has 4 amide bonds. The van der Waals surface area contributed by atoms with Gasteiger partial charge in [-0.15, -0.1) is 0 Å². The third-order valence-corrected chi connectivity index (χ3v) is 4.35. The van der Waals surface area contributed by atoms with Gasteiger partial charge in [0, 0.05) is 11.8 Å². The van der Waals surface area contributed by atoms with Crippen LogP contribution in [0.3, 0.4) is 0 Å². The second-order valence-electron chi connectivity index (χ2n) is 6.52. The number of amides is 4. The van der Waals surface area contributed by atoms with Gasteiger partial charge in [-0.3, -0.25) is 14.5 Å². The van der Waals surface area contributed by atoms with Gasteiger partial charge in [-0.05, 0) is 31.5 Å². The monoisotopic (exact) mass is 373 g/mol. The molecule has 3 rings (SSSR count). The molecule has 1 heterocycles. The Morgan fingerprint density at radius 3 is 2.30 bits per heavy atom. The third-order valence-electron chi connectivity index (χ3n) is 4.35. The minimum Gasteiger partial charge on any atom is -0.324 e. The van der Waals surface area contributed by atoms with Gasteiger partial charge in [0.2, 0.25) is 5.91 Å². The number of benzene rings is 2. The lowest BCUT2D eigenvalue weighted by Gasteiger charge is -2.22. The van der Waals surface area contributed by atoms with E-state index in [2.05, 4.69) is 10.6 Å². The Morgan fingerprint density at radius 1 is 1.11 bits per heavy atom. The van der Waals surface area contributed by atoms with Crippen LogP contribution in [0.15, 0.2) is 42.5 Å². The summed E-state index contributed by atoms with van der Waals surface area (Å²) >= 11 is 0. The van der Waals surface area contributed by atoms with Crippen molar-refractivity contribution in [3.63, 3.8) is 0 Å². The number of nitrogens with one attached hydrogen (secondary N) is 2. The summed E-state index contributed by atoms with van der Waals surface area (Å²) in [6.07, 6.45) is 0. The molecular weight excluding hydrogens is 356 g/mol. The summed E-state index contributed by atoms with van der Waals surface area (Å²) in [5.41, 5.74) is 0.181. The average Bonchev–Trinajstić information content (AvgIpc) is 2.78. The van der Waals surface area contributed by atoms with Crippen LogP contribution in [0, 0.1) is 18.6 Å². The second-order valence-corrected chi connectivity index (χ2v) is 6.52. The van der Waals surface area contributed by atoms with Crippen molar-refractivity contribution in [2.45, 2.75) is 19.4 Å². The molecule has 8 heteroatoms. The Bertz CT molecular complexity index is 910. The molecule has 27 heavy (non-hydrogen) atoms. The average molecular weight is 373 g/mol. The predicted molar refractivity (Wildman–Crippen MR) is 93.8 cm³/mol. The van der Waals surface area contributed by atoms with Gasteiger partial charge < -0.3 is 10.6 Å². The zero-order valence-electron chi connectivity index (χ0n) is 14.7. The van der Waals surface area contributed by atoms with Crippen molar-refractivity contribution in [3.05, 3.63) is 65.2 Å². The van der Waals surface area contributed by atoms with Crippen LogP contribution >= 0.6 is 0 Å². The SMILES string of the molecule is Cc1ccc(C2(C)NC(=O)N(CC(=O)Nc3cc(F)cc(F)c3)C2=O)cc1. The quantitative estimate of drug-likeness (QED) is 0.809. The van der Waals surface area contributed by atoms with Gasteiger partial charge >= 0.3 is 6.03 Å². The molecule has 2 aromatic rings. The highest BCUT2D eigenvalue weighted by atomic mass is 19.1. The highest BCUT2D eigenvalue weighted by molar-refractivity contribution is 6.10. The largest absolute Gasteiger partial charge is 0.325 e. The van der Waals surface area contributed by atoms with Crippen molar-refractivity contribution < 1.29 is 23.2 Å². The molecule has 1 saturated heterocycles. The van der Waals surface area contributed by atoms with Gasteiger partial charge in [-0.1, -0.05) is 29.8 Å². The minimum absolute atomic E-state index is 0.106. The molecule has 1 fully saturated rings. The van der Waals surface area contributed by atoms with Crippen LogP contribution in [-0.2, 0) is 15.1 Å². The van der Waals surface area contributed by atoms with E-state index in [1.165, 1.54) is 0 Å². The first kappa shape index (κ1) is 18.5. The topological polar surface area (TPSA) is 78.5 Å². The van der Waals surface area contributed by atoms with Crippen molar-refractivity contribution in [3.8, 4) is 0 Å². The lowest BCUT2D eigenvalue weighted by Crippen LogP contribution is -2.42. The van der Waals surface area contributed by atoms with E-state index in [1.807, 2.05) is 19.1 Å². The maximum absolute atomic E-state index is 13.2. The maximum Gasteiger partial charge on any atom is 0.325 e. The van der Waals surface area contributed by atoms with Crippen LogP contribution in [0.2, 0.25) is 0 Å². The van der Waals surface area contributed by atoms with Crippen LogP contribution in [-0.4, -0.2) is 29.3 Å². The predicted octanol–water partition coefficient (Wildman–Crippen LogP) is 2.68. The molecule has 0 radical (unpaired) electrons. The molecular formula is C19H17F2N3O3. The molecule has 0 bridgehead atoms. The summed E-state index contributed by atoms with van der Waals surface area (Å²) in [4.78, 5) is 37.9. The third kappa shape index (κ3) is 3.64. The first-order chi connectivity index (χ1) is 12.7. The van der Waals surface area contributed by atoms with Crippen molar-refractivity contribution >= 4 is 23.5 Å². The van der Waals surface area contributed by atoms with Crippen LogP contribution in [0.5, 0.6) is 0 Å². The Hall–Kier alpha value is -3.29. The number of imide groups is 1. The zero-order valence-corrected chi connectivity index (χ0v) is 14.7. The highest BCUT2D eigenvalue weighted by Crippen LogP contribution is 2.29. The van der Waals surface area contributed by atoms with Crippen molar-refractivity contribution in [1.82, 2.24) is 10.2 Å². The van der Waals surface area contributed by atoms with E-state index in [9.17, 15) is 23.2 Å². The Balaban J connectivity index is 1.75. The van der Waals surface area contributed by atoms with E-state index in [-0.39, 0.29) is 5.69 Å². The van der Waals surface area contributed by atoms with E-state index in [0.717, 1.165) is 22.6 Å². The molecule has 2 aromatic carbocycles. The van der Waals surface area contributed by atoms with Gasteiger partial charge in [0.25, 0.3) is 5.91 Å². The highest BCUT2D eigenvalue weighted by Gasteiger charge is 2.49. The van der Waals surface area contributed by atoms with Crippen molar-refractivity contribution in [2.24, 2.45) is 0 Å². The van der Waals surface area contributed by atoms with E-state index < -0.39 is 41.6 Å². The normalized spacial score (nSPS) is 19.2. The van der Waals surface area contributed by atoms with E-state index in [0.29, 0.717) is 11.6 Å². The van der Waals surface area contributed by atoms with Gasteiger partial charge in [0.1, 0.15) is 23.7 Å². The van der Waals surface area contributed by atoms with E-state index in [1.54, 1.807) is 19.1 Å². The molecule has 1 unspecified atom stereocenters. The molecule has 1 aliphatic heterocycles. The number of carbonyl (C=O) groups excluding carboxylic acids is 3. The Morgan fingerprint density at radius 2 is 1.70 bits per heavy atom. The lowest BCUT2D eigenvalue weighted by molar-refractivity contribution is -0.133. The lowest BCUT2D eigenvalue weighted by atomic mass is 9.91. The number of anilines is 1. The van der Waals surface area contributed by atoms with Crippen LogP contribution in [0.4, 0.5) is 19.3 Å². The molecule has 0 aliphatic carbocycles. The number of hydrogen-bond donors (Lipinski definition) is 2. The molecule has 140 valence electrons. The van der Waals surface area contributed by atoms with Gasteiger partial charge in [-0.2, -0.15) is 0 Å². The maximum atomic E-state index is 13.2. The van der Waals surface area contributed by atoms with Gasteiger partial charge in [0.05, 0.1) is 0 Å². The number of halogens is 2. The minimum atomic E-state index is -1.30. The van der Waals surface area contributed by atoms with Crippen molar-refractivity contribution in [2.75, 3.05) is 11.9 Å². The van der Waals surface area contributed by atoms with Crippen LogP contribution < -0.4 is 10.6 Å². The molecule has 0 aromatic heterocycles. The number of carbonyl (C=O) groups is 3. The first-order valence-corrected chi connectivity index (χ1v) is 8.16. The summed E-state index contributed by atoms with van der Waals surface area (Å²) in [6, 6.07) is 8.90. The summed E-state index contributed by atoms with van der Waals surface area (Å²) in [5, 5.41) is 4.86. The Kier molecular flexibility index (Phi) is 4.65. The molecule has 6 nitrogen and oxygen atoms in total. The fourth-order valence-corrected chi connectivity index (χ4v) is 2.89. The van der Waals surface area contributed by atoms with Gasteiger partial charge in [0.15, 0.2) is 0 Å². The fourth-order valence-electron chi connectivity index (χ4n) is 2.89. The summed E-state index contributed by atoms with van der Waals surface area (Å²) in [6.45, 7) is 2.87. The smallest absolute Gasteiger partial charge is 0.324 e. The number of urea groups is 1. The number of nitrogens with zero attached hydrogens (tertiary/aromatic N) is 1. The van der Waals surface area contributed by atoms with E-state index >= 15 is 0 Å². The fraction of sp³-hybridized carbons (Fsp3) is 0.211. The van der Waals surface area contributed by atoms with E-state index in [4.69, 9.17) is 0 Å². The summed E-state index contributed by atoms with van der Waals surface area (Å²) < 4.78 is 26.4. The Labute approximate surface area is 154 Å². The summed E-state index contributed by atoms with van der Waals surface area (Å²) in [5.74, 6) is -3.05. The van der Waals surface area contributed by atoms with Gasteiger partial charge in [-0.25, -0.2) is 13.6 Å². The first-order valence-electron chi connectivity index (χ1n) is 8.16. The number of hydrogen-bond acceptors (Lipinski definition) is 3. The van der Waals surface area contributed by atoms with Crippen LogP contribution in [0.25, 0.3) is 0 Å². The standard InChI is InChI=1S/C19H17F2N3O3/c1-11-3-5-12(6-4-11)19(2)17(26)24(18(27)23-19)10-16(25)22-15-8-13(20)7-14(21)9-15/h3-9H,10H2,1-2H3,(H,22,25)(H,23,27). The molecule has 1 atom stereocenters. The zero-order chi connectivity index (χ0) is 19.8. The van der Waals surface area contributed by atoms with Crippen LogP contribution in [0.1, 0.15) is 18.1 Å². The molecule has 0 spiro atoms. The summed E-state index contributed by atoms with van der Waals surface area (Å²) in [7, 11) is 0. The molecule has 2 N–H and O–H groups in total. The second kappa shape index (κ2) is 6.79. The van der Waals surface area contributed by atoms with Crippen molar-refractivity contribution in [1.29, 1.82) is 0 Å². The molecule has 1 aliphatic rings. The number of aryl methyl sites for hydroxylation is 1. The molecule has 0 saturated carbocycles. The number of rotatable bonds is 4.